The summed E-state index contributed by atoms with van der Waals surface area (Å²) in [7, 11) is 5.82. The largest absolute Gasteiger partial charge is 0.346 e. The van der Waals surface area contributed by atoms with E-state index in [1.54, 1.807) is 29.1 Å². The van der Waals surface area contributed by atoms with Crippen LogP contribution in [0.5, 0.6) is 0 Å². The number of para-hydroxylation sites is 1. The highest BCUT2D eigenvalue weighted by Gasteiger charge is 2.28. The molecule has 10 nitrogen and oxygen atoms in total. The van der Waals surface area contributed by atoms with Crippen molar-refractivity contribution >= 4 is 40.6 Å². The van der Waals surface area contributed by atoms with Crippen LogP contribution < -0.4 is 5.32 Å². The van der Waals surface area contributed by atoms with Gasteiger partial charge in [-0.05, 0) is 42.3 Å². The van der Waals surface area contributed by atoms with E-state index < -0.39 is 0 Å². The van der Waals surface area contributed by atoms with E-state index in [4.69, 9.17) is 0 Å². The lowest BCUT2D eigenvalue weighted by molar-refractivity contribution is -0.133. The summed E-state index contributed by atoms with van der Waals surface area (Å²) in [6.45, 7) is 3.78. The molecule has 5 rings (SSSR count). The van der Waals surface area contributed by atoms with Crippen molar-refractivity contribution < 1.29 is 14.4 Å². The lowest BCUT2D eigenvalue weighted by Gasteiger charge is -2.35. The van der Waals surface area contributed by atoms with E-state index in [-0.39, 0.29) is 30.9 Å². The molecule has 3 aromatic rings. The number of carbonyl (C=O) groups excluding carboxylic acids is 3. The highest BCUT2D eigenvalue weighted by Crippen LogP contribution is 2.23. The predicted octanol–water partition coefficient (Wildman–Crippen LogP) is 2.37. The van der Waals surface area contributed by atoms with Crippen LogP contribution in [0.2, 0.25) is 0 Å². The number of hydrogen-bond donors (Lipinski definition) is 1. The molecule has 0 radical (unpaired) electrons. The minimum atomic E-state index is -0.332. The molecule has 0 bridgehead atoms. The first kappa shape index (κ1) is 25.5. The van der Waals surface area contributed by atoms with E-state index in [2.05, 4.69) is 38.0 Å². The van der Waals surface area contributed by atoms with Crippen LogP contribution in [0.25, 0.3) is 17.0 Å². The summed E-state index contributed by atoms with van der Waals surface area (Å²) in [6.07, 6.45) is 4.88. The molecular weight excluding hydrogens is 482 g/mol. The second-order valence-electron chi connectivity index (χ2n) is 10.0. The molecule has 4 amide bonds. The van der Waals surface area contributed by atoms with E-state index in [1.807, 2.05) is 32.3 Å². The number of piperazine rings is 1. The van der Waals surface area contributed by atoms with Crippen molar-refractivity contribution in [1.29, 1.82) is 0 Å². The fraction of sp³-hybridized carbons (Fsp3) is 0.357. The van der Waals surface area contributed by atoms with Crippen LogP contribution in [0, 0.1) is 0 Å². The van der Waals surface area contributed by atoms with Crippen LogP contribution in [-0.2, 0) is 29.7 Å². The van der Waals surface area contributed by atoms with Gasteiger partial charge in [0.15, 0.2) is 0 Å². The number of aryl methyl sites for hydroxylation is 1. The van der Waals surface area contributed by atoms with Crippen LogP contribution in [0.15, 0.2) is 48.7 Å². The van der Waals surface area contributed by atoms with E-state index in [0.29, 0.717) is 25.5 Å². The minimum Gasteiger partial charge on any atom is -0.346 e. The average molecular weight is 516 g/mol. The van der Waals surface area contributed by atoms with Gasteiger partial charge in [0, 0.05) is 69.3 Å². The Morgan fingerprint density at radius 3 is 2.63 bits per heavy atom. The number of nitrogens with zero attached hydrogens (tertiary/aromatic N) is 6. The van der Waals surface area contributed by atoms with Crippen LogP contribution in [0.4, 0.5) is 10.6 Å². The molecule has 38 heavy (non-hydrogen) atoms. The first-order valence-corrected chi connectivity index (χ1v) is 12.8. The Morgan fingerprint density at radius 1 is 1.11 bits per heavy atom. The molecule has 1 aromatic carbocycles. The van der Waals surface area contributed by atoms with Crippen molar-refractivity contribution in [2.45, 2.75) is 13.1 Å². The molecule has 0 saturated carbocycles. The Kier molecular flexibility index (Phi) is 7.15. The van der Waals surface area contributed by atoms with Gasteiger partial charge in [-0.25, -0.2) is 9.78 Å². The molecule has 2 aliphatic heterocycles. The maximum absolute atomic E-state index is 12.8. The summed E-state index contributed by atoms with van der Waals surface area (Å²) in [5.41, 5.74) is 3.73. The van der Waals surface area contributed by atoms with Crippen molar-refractivity contribution in [3.8, 4) is 0 Å². The third-order valence-electron chi connectivity index (χ3n) is 7.29. The number of pyridine rings is 1. The Morgan fingerprint density at radius 2 is 1.87 bits per heavy atom. The zero-order valence-corrected chi connectivity index (χ0v) is 22.1. The van der Waals surface area contributed by atoms with Crippen LogP contribution >= 0.6 is 0 Å². The van der Waals surface area contributed by atoms with Gasteiger partial charge >= 0.3 is 6.03 Å². The minimum absolute atomic E-state index is 0.0203. The molecule has 0 unspecified atom stereocenters. The van der Waals surface area contributed by atoms with Gasteiger partial charge in [-0.15, -0.1) is 0 Å². The highest BCUT2D eigenvalue weighted by molar-refractivity contribution is 5.94. The van der Waals surface area contributed by atoms with Crippen molar-refractivity contribution in [2.75, 3.05) is 52.1 Å². The van der Waals surface area contributed by atoms with E-state index in [1.165, 1.54) is 11.0 Å². The Bertz CT molecular complexity index is 1400. The summed E-state index contributed by atoms with van der Waals surface area (Å²) in [5.74, 6) is 0.302. The predicted molar refractivity (Wildman–Crippen MR) is 146 cm³/mol. The maximum atomic E-state index is 12.8. The Labute approximate surface area is 222 Å². The number of carbonyl (C=O) groups is 3. The Balaban J connectivity index is 1.21. The molecule has 2 aliphatic rings. The van der Waals surface area contributed by atoms with Crippen molar-refractivity contribution in [2.24, 2.45) is 7.05 Å². The normalized spacial score (nSPS) is 16.1. The monoisotopic (exact) mass is 515 g/mol. The van der Waals surface area contributed by atoms with Gasteiger partial charge < -0.3 is 24.2 Å². The summed E-state index contributed by atoms with van der Waals surface area (Å²) in [4.78, 5) is 49.7. The van der Waals surface area contributed by atoms with Gasteiger partial charge in [0.2, 0.25) is 11.8 Å². The number of hydrogen-bond acceptors (Lipinski definition) is 5. The number of fused-ring (bicyclic) bond motifs is 2. The third kappa shape index (κ3) is 5.40. The molecular formula is C28H33N7O3. The van der Waals surface area contributed by atoms with Crippen molar-refractivity contribution in [3.05, 3.63) is 65.5 Å². The third-order valence-corrected chi connectivity index (χ3v) is 7.29. The molecule has 0 aliphatic carbocycles. The molecule has 198 valence electrons. The number of urea groups is 1. The van der Waals surface area contributed by atoms with Gasteiger partial charge in [0.25, 0.3) is 0 Å². The molecule has 1 N–H and O–H groups in total. The number of nitrogens with one attached hydrogen (secondary N) is 1. The molecule has 1 fully saturated rings. The van der Waals surface area contributed by atoms with E-state index in [9.17, 15) is 14.4 Å². The van der Waals surface area contributed by atoms with Crippen LogP contribution in [-0.4, -0.2) is 93.8 Å². The van der Waals surface area contributed by atoms with Crippen molar-refractivity contribution in [1.82, 2.24) is 29.2 Å². The fourth-order valence-electron chi connectivity index (χ4n) is 4.87. The van der Waals surface area contributed by atoms with Gasteiger partial charge in [-0.3, -0.25) is 14.9 Å². The number of benzene rings is 1. The SMILES string of the molecule is CN1CCN(C(=O)CN2Cc3cc(/C=C/C(=O)N(C)Cc4cc5ccccc5n4C)cnc3NC2=O)CC1. The summed E-state index contributed by atoms with van der Waals surface area (Å²) in [5, 5.41) is 3.92. The zero-order valence-electron chi connectivity index (χ0n) is 22.1. The average Bonchev–Trinajstić information content (AvgIpc) is 3.23. The molecule has 0 atom stereocenters. The molecule has 0 spiro atoms. The molecule has 4 heterocycles. The zero-order chi connectivity index (χ0) is 26.8. The van der Waals surface area contributed by atoms with Gasteiger partial charge in [-0.1, -0.05) is 18.2 Å². The quantitative estimate of drug-likeness (QED) is 0.509. The van der Waals surface area contributed by atoms with Gasteiger partial charge in [0.05, 0.1) is 13.1 Å². The number of rotatable bonds is 6. The lowest BCUT2D eigenvalue weighted by Crippen LogP contribution is -2.51. The maximum Gasteiger partial charge on any atom is 0.323 e. The molecule has 2 aromatic heterocycles. The van der Waals surface area contributed by atoms with Crippen LogP contribution in [0.1, 0.15) is 16.8 Å². The van der Waals surface area contributed by atoms with Gasteiger partial charge in [-0.2, -0.15) is 0 Å². The molecule has 10 heteroatoms. The van der Waals surface area contributed by atoms with Crippen LogP contribution in [0.3, 0.4) is 0 Å². The summed E-state index contributed by atoms with van der Waals surface area (Å²) in [6, 6.07) is 11.8. The Hall–Kier alpha value is -4.18. The fourth-order valence-corrected chi connectivity index (χ4v) is 4.87. The number of amides is 4. The van der Waals surface area contributed by atoms with E-state index >= 15 is 0 Å². The summed E-state index contributed by atoms with van der Waals surface area (Å²) >= 11 is 0. The second kappa shape index (κ2) is 10.7. The first-order valence-electron chi connectivity index (χ1n) is 12.8. The smallest absolute Gasteiger partial charge is 0.323 e. The molecule has 1 saturated heterocycles. The summed E-state index contributed by atoms with van der Waals surface area (Å²) < 4.78 is 2.10. The number of anilines is 1. The van der Waals surface area contributed by atoms with Crippen molar-refractivity contribution in [3.63, 3.8) is 0 Å². The van der Waals surface area contributed by atoms with Gasteiger partial charge in [0.1, 0.15) is 12.4 Å². The topological polar surface area (TPSA) is 94.0 Å². The number of likely N-dealkylation sites (N-methyl/N-ethyl adjacent to an activating group) is 2. The standard InChI is InChI=1S/C28H33N7O3/c1-31-10-12-34(13-11-31)26(37)19-35-17-22-14-20(16-29-27(22)30-28(35)38)8-9-25(36)32(2)18-23-15-21-6-4-5-7-24(21)33(23)3/h4-9,14-16H,10-13,17-19H2,1-3H3,(H,29,30,38)/b9-8+. The number of aromatic nitrogens is 2. The van der Waals surface area contributed by atoms with E-state index in [0.717, 1.165) is 40.8 Å². The highest BCUT2D eigenvalue weighted by atomic mass is 16.2. The lowest BCUT2D eigenvalue weighted by atomic mass is 10.1. The second-order valence-corrected chi connectivity index (χ2v) is 10.0. The first-order chi connectivity index (χ1) is 18.3.